The third-order valence-electron chi connectivity index (χ3n) is 5.42. The molecule has 0 aromatic heterocycles. The number of hydrogen-bond acceptors (Lipinski definition) is 5. The van der Waals surface area contributed by atoms with Crippen LogP contribution >= 0.6 is 0 Å². The summed E-state index contributed by atoms with van der Waals surface area (Å²) in [6, 6.07) is 15.7. The number of carboxylic acids is 1. The molecule has 2 aromatic rings. The van der Waals surface area contributed by atoms with E-state index < -0.39 is 11.9 Å². The Balaban J connectivity index is 0.000000628. The van der Waals surface area contributed by atoms with Gasteiger partial charge in [-0.25, -0.2) is 5.48 Å². The number of nitrogens with zero attached hydrogens (tertiary/aromatic N) is 2. The minimum absolute atomic E-state index is 0.0371. The van der Waals surface area contributed by atoms with Crippen LogP contribution < -0.4 is 10.4 Å². The molecular weight excluding hydrogens is 398 g/mol. The molecule has 8 nitrogen and oxygen atoms in total. The normalized spacial score (nSPS) is 17.7. The Labute approximate surface area is 181 Å². The van der Waals surface area contributed by atoms with Gasteiger partial charge >= 0.3 is 0 Å². The number of carbonyl (C=O) groups is 3. The van der Waals surface area contributed by atoms with Crippen LogP contribution in [0, 0.1) is 0 Å². The molecule has 164 valence electrons. The highest BCUT2D eigenvalue weighted by molar-refractivity contribution is 5.98. The van der Waals surface area contributed by atoms with Crippen LogP contribution in [0.4, 0.5) is 5.69 Å². The molecule has 2 aliphatic rings. The lowest BCUT2D eigenvalue weighted by molar-refractivity contribution is -0.134. The van der Waals surface area contributed by atoms with Gasteiger partial charge in [-0.1, -0.05) is 42.5 Å². The average Bonchev–Trinajstić information content (AvgIpc) is 3.17. The van der Waals surface area contributed by atoms with Gasteiger partial charge in [-0.2, -0.15) is 0 Å². The molecule has 4 rings (SSSR count). The number of carbonyl (C=O) groups excluding carboxylic acids is 2. The summed E-state index contributed by atoms with van der Waals surface area (Å²) in [4.78, 5) is 37.7. The molecule has 31 heavy (non-hydrogen) atoms. The van der Waals surface area contributed by atoms with Crippen molar-refractivity contribution in [2.75, 3.05) is 11.4 Å². The van der Waals surface area contributed by atoms with Crippen LogP contribution in [-0.4, -0.2) is 45.6 Å². The molecule has 2 aromatic carbocycles. The first-order valence-corrected chi connectivity index (χ1v) is 10.2. The van der Waals surface area contributed by atoms with E-state index in [4.69, 9.17) is 15.1 Å². The largest absolute Gasteiger partial charge is 0.481 e. The quantitative estimate of drug-likeness (QED) is 0.512. The molecule has 1 atom stereocenters. The minimum Gasteiger partial charge on any atom is -0.481 e. The van der Waals surface area contributed by atoms with Crippen molar-refractivity contribution in [2.24, 2.45) is 0 Å². The van der Waals surface area contributed by atoms with Crippen LogP contribution in [0.1, 0.15) is 36.5 Å². The number of para-hydroxylation sites is 1. The molecule has 2 aliphatic heterocycles. The lowest BCUT2D eigenvalue weighted by Gasteiger charge is -2.26. The van der Waals surface area contributed by atoms with E-state index in [1.807, 2.05) is 47.4 Å². The fourth-order valence-corrected chi connectivity index (χ4v) is 4.05. The second kappa shape index (κ2) is 10.2. The fourth-order valence-electron chi connectivity index (χ4n) is 4.05. The van der Waals surface area contributed by atoms with E-state index in [-0.39, 0.29) is 18.4 Å². The predicted octanol–water partition coefficient (Wildman–Crippen LogP) is 2.34. The first-order valence-electron chi connectivity index (χ1n) is 10.2. The maximum absolute atomic E-state index is 13.2. The summed E-state index contributed by atoms with van der Waals surface area (Å²) in [6.07, 6.45) is 2.10. The molecule has 0 unspecified atom stereocenters. The molecule has 1 saturated heterocycles. The smallest absolute Gasteiger partial charge is 0.300 e. The molecule has 0 aliphatic carbocycles. The van der Waals surface area contributed by atoms with Crippen molar-refractivity contribution < 1.29 is 24.7 Å². The van der Waals surface area contributed by atoms with E-state index in [0.29, 0.717) is 6.54 Å². The Morgan fingerprint density at radius 3 is 2.42 bits per heavy atom. The molecule has 2 amide bonds. The van der Waals surface area contributed by atoms with Crippen molar-refractivity contribution in [3.8, 4) is 0 Å². The SMILES string of the molecule is CC(=O)O.O=C(Cc1ccc(CN2C(=O)[C@@H]3CCCN3Cc3ccccc32)cc1)NO. The highest BCUT2D eigenvalue weighted by Crippen LogP contribution is 2.33. The zero-order valence-corrected chi connectivity index (χ0v) is 17.5. The molecule has 0 spiro atoms. The Morgan fingerprint density at radius 2 is 1.74 bits per heavy atom. The van der Waals surface area contributed by atoms with E-state index in [0.717, 1.165) is 49.7 Å². The second-order valence-corrected chi connectivity index (χ2v) is 7.73. The average molecular weight is 425 g/mol. The van der Waals surface area contributed by atoms with E-state index in [1.165, 1.54) is 5.56 Å². The highest BCUT2D eigenvalue weighted by atomic mass is 16.5. The number of benzene rings is 2. The maximum Gasteiger partial charge on any atom is 0.300 e. The topological polar surface area (TPSA) is 110 Å². The zero-order valence-electron chi connectivity index (χ0n) is 17.5. The number of nitrogens with one attached hydrogen (secondary N) is 1. The summed E-state index contributed by atoms with van der Waals surface area (Å²) >= 11 is 0. The van der Waals surface area contributed by atoms with Crippen molar-refractivity contribution in [1.29, 1.82) is 0 Å². The van der Waals surface area contributed by atoms with Crippen molar-refractivity contribution in [2.45, 2.75) is 45.3 Å². The van der Waals surface area contributed by atoms with Crippen molar-refractivity contribution in [3.05, 3.63) is 65.2 Å². The van der Waals surface area contributed by atoms with Gasteiger partial charge in [0.05, 0.1) is 19.0 Å². The second-order valence-electron chi connectivity index (χ2n) is 7.73. The third-order valence-corrected chi connectivity index (χ3v) is 5.42. The molecule has 1 fully saturated rings. The molecule has 0 radical (unpaired) electrons. The molecule has 0 saturated carbocycles. The molecule has 2 heterocycles. The molecular formula is C23H27N3O5. The summed E-state index contributed by atoms with van der Waals surface area (Å²) < 4.78 is 0. The van der Waals surface area contributed by atoms with Gasteiger partial charge in [0, 0.05) is 19.2 Å². The van der Waals surface area contributed by atoms with Gasteiger partial charge in [-0.3, -0.25) is 24.5 Å². The van der Waals surface area contributed by atoms with Crippen molar-refractivity contribution in [1.82, 2.24) is 10.4 Å². The first kappa shape index (κ1) is 22.5. The third kappa shape index (κ3) is 5.68. The monoisotopic (exact) mass is 425 g/mol. The summed E-state index contributed by atoms with van der Waals surface area (Å²) in [5.74, 6) is -1.11. The van der Waals surface area contributed by atoms with Gasteiger partial charge in [-0.15, -0.1) is 0 Å². The number of rotatable bonds is 4. The summed E-state index contributed by atoms with van der Waals surface area (Å²) in [7, 11) is 0. The lowest BCUT2D eigenvalue weighted by atomic mass is 10.1. The summed E-state index contributed by atoms with van der Waals surface area (Å²) in [6.45, 7) is 3.38. The van der Waals surface area contributed by atoms with Crippen LogP contribution in [0.5, 0.6) is 0 Å². The zero-order chi connectivity index (χ0) is 22.4. The number of anilines is 1. The van der Waals surface area contributed by atoms with Crippen LogP contribution in [0.15, 0.2) is 48.5 Å². The summed E-state index contributed by atoms with van der Waals surface area (Å²) in [5.41, 5.74) is 5.64. The Bertz CT molecular complexity index is 940. The first-order chi connectivity index (χ1) is 14.9. The van der Waals surface area contributed by atoms with Gasteiger partial charge in [-0.05, 0) is 42.1 Å². The van der Waals surface area contributed by atoms with Gasteiger partial charge in [0.2, 0.25) is 11.8 Å². The van der Waals surface area contributed by atoms with Crippen LogP contribution in [0.3, 0.4) is 0 Å². The molecule has 3 N–H and O–H groups in total. The van der Waals surface area contributed by atoms with Crippen LogP contribution in [-0.2, 0) is 33.9 Å². The minimum atomic E-state index is -0.833. The fraction of sp³-hybridized carbons (Fsp3) is 0.348. The van der Waals surface area contributed by atoms with E-state index in [2.05, 4.69) is 11.0 Å². The number of hydrogen-bond donors (Lipinski definition) is 3. The Morgan fingerprint density at radius 1 is 1.10 bits per heavy atom. The van der Waals surface area contributed by atoms with Gasteiger partial charge in [0.1, 0.15) is 0 Å². The highest BCUT2D eigenvalue weighted by Gasteiger charge is 2.37. The van der Waals surface area contributed by atoms with E-state index in [1.54, 1.807) is 5.48 Å². The molecule has 8 heteroatoms. The number of hydroxylamine groups is 1. The number of aliphatic carboxylic acids is 1. The predicted molar refractivity (Wildman–Crippen MR) is 114 cm³/mol. The number of fused-ring (bicyclic) bond motifs is 2. The van der Waals surface area contributed by atoms with E-state index in [9.17, 15) is 9.59 Å². The van der Waals surface area contributed by atoms with Gasteiger partial charge in [0.25, 0.3) is 5.97 Å². The Kier molecular flexibility index (Phi) is 7.38. The van der Waals surface area contributed by atoms with Gasteiger partial charge in [0.15, 0.2) is 0 Å². The van der Waals surface area contributed by atoms with Crippen LogP contribution in [0.2, 0.25) is 0 Å². The van der Waals surface area contributed by atoms with Crippen LogP contribution in [0.25, 0.3) is 0 Å². The maximum atomic E-state index is 13.2. The molecule has 0 bridgehead atoms. The number of amides is 2. The summed E-state index contributed by atoms with van der Waals surface area (Å²) in [5, 5.41) is 16.1. The van der Waals surface area contributed by atoms with E-state index >= 15 is 0 Å². The number of carboxylic acid groups (broad SMARTS) is 1. The van der Waals surface area contributed by atoms with Crippen molar-refractivity contribution in [3.63, 3.8) is 0 Å². The standard InChI is InChI=1S/C21H23N3O3.C2H4O2/c25-20(22-27)12-15-7-9-16(10-8-15)13-24-18-5-2-1-4-17(18)14-23-11-3-6-19(23)21(24)26;1-2(3)4/h1-2,4-5,7-10,19,27H,3,6,11-14H2,(H,22,25);1H3,(H,3,4)/t19-;/m0./s1. The Hall–Kier alpha value is -3.23. The lowest BCUT2D eigenvalue weighted by Crippen LogP contribution is -2.42. The van der Waals surface area contributed by atoms with Gasteiger partial charge < -0.3 is 10.0 Å². The van der Waals surface area contributed by atoms with Crippen molar-refractivity contribution >= 4 is 23.5 Å².